The van der Waals surface area contributed by atoms with Crippen LogP contribution in [-0.2, 0) is 9.47 Å². The van der Waals surface area contributed by atoms with Crippen molar-refractivity contribution in [3.05, 3.63) is 0 Å². The van der Waals surface area contributed by atoms with E-state index in [1.165, 1.54) is 0 Å². The van der Waals surface area contributed by atoms with Gasteiger partial charge in [0, 0.05) is 46.0 Å². The molecule has 1 saturated heterocycles. The fraction of sp³-hybridized carbons (Fsp3) is 1.00. The number of nitrogens with one attached hydrogen (secondary N) is 1. The molecule has 1 heterocycles. The summed E-state index contributed by atoms with van der Waals surface area (Å²) in [6.07, 6.45) is 2.63. The van der Waals surface area contributed by atoms with E-state index in [-0.39, 0.29) is 0 Å². The third kappa shape index (κ3) is 5.25. The lowest BCUT2D eigenvalue weighted by Crippen LogP contribution is -2.39. The molecule has 1 rings (SSSR count). The Hall–Kier alpha value is -0.160. The van der Waals surface area contributed by atoms with Gasteiger partial charge in [0.1, 0.15) is 0 Å². The second-order valence-electron chi connectivity index (χ2n) is 4.57. The highest BCUT2D eigenvalue weighted by Crippen LogP contribution is 2.11. The van der Waals surface area contributed by atoms with E-state index in [9.17, 15) is 0 Å². The number of hydrogen-bond acceptors (Lipinski definition) is 4. The second kappa shape index (κ2) is 8.01. The van der Waals surface area contributed by atoms with Gasteiger partial charge in [0.15, 0.2) is 0 Å². The summed E-state index contributed by atoms with van der Waals surface area (Å²) in [5.74, 6) is 0. The molecular weight excluding hydrogens is 204 g/mol. The Morgan fingerprint density at radius 2 is 2.25 bits per heavy atom. The minimum absolute atomic E-state index is 0.374. The summed E-state index contributed by atoms with van der Waals surface area (Å²) in [6.45, 7) is 7.14. The van der Waals surface area contributed by atoms with Gasteiger partial charge in [-0.05, 0) is 26.8 Å². The molecule has 0 bridgehead atoms. The molecular formula is C12H26N2O2. The minimum Gasteiger partial charge on any atom is -0.385 e. The summed E-state index contributed by atoms with van der Waals surface area (Å²) >= 11 is 0. The average molecular weight is 230 g/mol. The van der Waals surface area contributed by atoms with Gasteiger partial charge in [-0.25, -0.2) is 0 Å². The number of ether oxygens (including phenoxy) is 2. The van der Waals surface area contributed by atoms with Crippen LogP contribution >= 0.6 is 0 Å². The van der Waals surface area contributed by atoms with Crippen molar-refractivity contribution in [1.29, 1.82) is 0 Å². The molecule has 0 aromatic rings. The SMILES string of the molecule is COCCCN(C)CCNC1CCOC1C. The van der Waals surface area contributed by atoms with Gasteiger partial charge >= 0.3 is 0 Å². The number of hydrogen-bond donors (Lipinski definition) is 1. The molecule has 96 valence electrons. The second-order valence-corrected chi connectivity index (χ2v) is 4.57. The number of nitrogens with zero attached hydrogens (tertiary/aromatic N) is 1. The van der Waals surface area contributed by atoms with Gasteiger partial charge in [0.2, 0.25) is 0 Å². The van der Waals surface area contributed by atoms with Crippen LogP contribution in [0.2, 0.25) is 0 Å². The fourth-order valence-corrected chi connectivity index (χ4v) is 2.03. The molecule has 0 saturated carbocycles. The van der Waals surface area contributed by atoms with E-state index < -0.39 is 0 Å². The largest absolute Gasteiger partial charge is 0.385 e. The van der Waals surface area contributed by atoms with Crippen LogP contribution in [0, 0.1) is 0 Å². The van der Waals surface area contributed by atoms with Crippen molar-refractivity contribution in [1.82, 2.24) is 10.2 Å². The van der Waals surface area contributed by atoms with Crippen molar-refractivity contribution in [3.63, 3.8) is 0 Å². The summed E-state index contributed by atoms with van der Waals surface area (Å²) in [5, 5.41) is 3.55. The van der Waals surface area contributed by atoms with E-state index >= 15 is 0 Å². The van der Waals surface area contributed by atoms with E-state index in [0.29, 0.717) is 12.1 Å². The smallest absolute Gasteiger partial charge is 0.0700 e. The molecule has 1 N–H and O–H groups in total. The molecule has 0 aliphatic carbocycles. The first-order chi connectivity index (χ1) is 7.74. The Labute approximate surface area is 99.3 Å². The third-order valence-electron chi connectivity index (χ3n) is 3.16. The van der Waals surface area contributed by atoms with E-state index in [1.54, 1.807) is 7.11 Å². The van der Waals surface area contributed by atoms with Gasteiger partial charge in [-0.2, -0.15) is 0 Å². The van der Waals surface area contributed by atoms with Crippen molar-refractivity contribution in [2.75, 3.05) is 47.0 Å². The fourth-order valence-electron chi connectivity index (χ4n) is 2.03. The Kier molecular flexibility index (Phi) is 6.96. The first-order valence-corrected chi connectivity index (χ1v) is 6.26. The standard InChI is InChI=1S/C12H26N2O2/c1-11-12(5-10-16-11)13-6-8-14(2)7-4-9-15-3/h11-13H,4-10H2,1-3H3. The molecule has 16 heavy (non-hydrogen) atoms. The zero-order valence-corrected chi connectivity index (χ0v) is 10.9. The lowest BCUT2D eigenvalue weighted by molar-refractivity contribution is 0.112. The highest BCUT2D eigenvalue weighted by molar-refractivity contribution is 4.79. The zero-order valence-electron chi connectivity index (χ0n) is 10.9. The van der Waals surface area contributed by atoms with E-state index in [2.05, 4.69) is 24.2 Å². The number of likely N-dealkylation sites (N-methyl/N-ethyl adjacent to an activating group) is 1. The van der Waals surface area contributed by atoms with Crippen molar-refractivity contribution >= 4 is 0 Å². The Bertz CT molecular complexity index is 178. The van der Waals surface area contributed by atoms with Gasteiger partial charge < -0.3 is 19.7 Å². The minimum atomic E-state index is 0.374. The van der Waals surface area contributed by atoms with Crippen LogP contribution in [0.4, 0.5) is 0 Å². The van der Waals surface area contributed by atoms with Crippen LogP contribution in [0.25, 0.3) is 0 Å². The van der Waals surface area contributed by atoms with Gasteiger partial charge in [-0.3, -0.25) is 0 Å². The Morgan fingerprint density at radius 1 is 1.44 bits per heavy atom. The van der Waals surface area contributed by atoms with Crippen molar-refractivity contribution in [2.45, 2.75) is 31.9 Å². The summed E-state index contributed by atoms with van der Waals surface area (Å²) in [6, 6.07) is 0.548. The van der Waals surface area contributed by atoms with E-state index in [0.717, 1.165) is 45.7 Å². The predicted octanol–water partition coefficient (Wildman–Crippen LogP) is 0.722. The quantitative estimate of drug-likeness (QED) is 0.623. The maximum absolute atomic E-state index is 5.51. The van der Waals surface area contributed by atoms with Crippen LogP contribution < -0.4 is 5.32 Å². The topological polar surface area (TPSA) is 33.7 Å². The number of methoxy groups -OCH3 is 1. The van der Waals surface area contributed by atoms with Crippen LogP contribution in [0.3, 0.4) is 0 Å². The molecule has 0 aromatic heterocycles. The highest BCUT2D eigenvalue weighted by Gasteiger charge is 2.22. The highest BCUT2D eigenvalue weighted by atomic mass is 16.5. The summed E-state index contributed by atoms with van der Waals surface area (Å²) in [7, 11) is 3.91. The lowest BCUT2D eigenvalue weighted by atomic mass is 10.1. The summed E-state index contributed by atoms with van der Waals surface area (Å²) < 4.78 is 10.5. The predicted molar refractivity (Wildman–Crippen MR) is 65.8 cm³/mol. The molecule has 1 fully saturated rings. The molecule has 1 aliphatic heterocycles. The van der Waals surface area contributed by atoms with Gasteiger partial charge in [0.25, 0.3) is 0 Å². The average Bonchev–Trinajstić information content (AvgIpc) is 2.65. The molecule has 0 spiro atoms. The monoisotopic (exact) mass is 230 g/mol. The molecule has 0 aromatic carbocycles. The molecule has 2 unspecified atom stereocenters. The summed E-state index contributed by atoms with van der Waals surface area (Å²) in [5.41, 5.74) is 0. The normalized spacial score (nSPS) is 25.5. The van der Waals surface area contributed by atoms with Gasteiger partial charge in [-0.15, -0.1) is 0 Å². The number of rotatable bonds is 8. The Morgan fingerprint density at radius 3 is 2.88 bits per heavy atom. The van der Waals surface area contributed by atoms with Crippen molar-refractivity contribution in [3.8, 4) is 0 Å². The molecule has 0 amide bonds. The summed E-state index contributed by atoms with van der Waals surface area (Å²) in [4.78, 5) is 2.34. The lowest BCUT2D eigenvalue weighted by Gasteiger charge is -2.20. The van der Waals surface area contributed by atoms with Gasteiger partial charge in [0.05, 0.1) is 6.10 Å². The van der Waals surface area contributed by atoms with Crippen LogP contribution in [0.15, 0.2) is 0 Å². The van der Waals surface area contributed by atoms with Crippen LogP contribution in [0.1, 0.15) is 19.8 Å². The zero-order chi connectivity index (χ0) is 11.8. The van der Waals surface area contributed by atoms with Gasteiger partial charge in [-0.1, -0.05) is 0 Å². The molecule has 0 radical (unpaired) electrons. The molecule has 4 nitrogen and oxygen atoms in total. The molecule has 1 aliphatic rings. The first-order valence-electron chi connectivity index (χ1n) is 6.26. The maximum Gasteiger partial charge on any atom is 0.0700 e. The van der Waals surface area contributed by atoms with E-state index in [4.69, 9.17) is 9.47 Å². The van der Waals surface area contributed by atoms with E-state index in [1.807, 2.05) is 0 Å². The maximum atomic E-state index is 5.51. The molecule has 2 atom stereocenters. The third-order valence-corrected chi connectivity index (χ3v) is 3.16. The Balaban J connectivity index is 1.97. The molecule has 4 heteroatoms. The van der Waals surface area contributed by atoms with Crippen molar-refractivity contribution < 1.29 is 9.47 Å². The van der Waals surface area contributed by atoms with Crippen molar-refractivity contribution in [2.24, 2.45) is 0 Å². The van der Waals surface area contributed by atoms with Crippen LogP contribution in [-0.4, -0.2) is 64.1 Å². The first kappa shape index (κ1) is 13.9. The van der Waals surface area contributed by atoms with Crippen LogP contribution in [0.5, 0.6) is 0 Å².